The summed E-state index contributed by atoms with van der Waals surface area (Å²) in [7, 11) is 1.76. The van der Waals surface area contributed by atoms with Gasteiger partial charge in [-0.05, 0) is 69.4 Å². The molecule has 42 heavy (non-hydrogen) atoms. The standard InChI is InChI=1S/C33H41N3O6/c1-33(2,3)42-32(40)34-17-16-28(37)35(4)23-19-36-26-18-22(31(38)39)14-15-24(26)29(21-10-6-5-7-11-21)30(36)25-12-8-9-13-27(25)41-20-23/h8-9,12-15,18,21,23H,5-7,10-11,16-17,19-20H2,1-4H3,(H,34,40)(H,38,39)/t23-/m1/s1. The number of rotatable bonds is 6. The summed E-state index contributed by atoms with van der Waals surface area (Å²) in [6, 6.07) is 13.1. The van der Waals surface area contributed by atoms with Crippen LogP contribution in [0.25, 0.3) is 22.2 Å². The minimum Gasteiger partial charge on any atom is -0.491 e. The number of carbonyl (C=O) groups excluding carboxylic acids is 2. The minimum atomic E-state index is -0.970. The summed E-state index contributed by atoms with van der Waals surface area (Å²) in [4.78, 5) is 39.1. The van der Waals surface area contributed by atoms with Gasteiger partial charge in [0, 0.05) is 43.0 Å². The predicted octanol–water partition coefficient (Wildman–Crippen LogP) is 6.19. The highest BCUT2D eigenvalue weighted by atomic mass is 16.6. The molecule has 0 saturated heterocycles. The van der Waals surface area contributed by atoms with E-state index in [-0.39, 0.29) is 37.1 Å². The molecule has 1 aromatic heterocycles. The van der Waals surface area contributed by atoms with Gasteiger partial charge in [0.25, 0.3) is 0 Å². The number of likely N-dealkylation sites (N-methyl/N-ethyl adjacent to an activating group) is 1. The number of ether oxygens (including phenoxy) is 2. The summed E-state index contributed by atoms with van der Waals surface area (Å²) in [5, 5.41) is 13.6. The number of alkyl carbamates (subject to hydrolysis) is 1. The Balaban J connectivity index is 1.52. The fraction of sp³-hybridized carbons (Fsp3) is 0.485. The molecule has 2 aliphatic rings. The first-order chi connectivity index (χ1) is 20.0. The second kappa shape index (κ2) is 12.1. The Morgan fingerprint density at radius 1 is 1.10 bits per heavy atom. The number of benzene rings is 2. The highest BCUT2D eigenvalue weighted by molar-refractivity contribution is 5.98. The Morgan fingerprint density at radius 2 is 1.83 bits per heavy atom. The number of aromatic nitrogens is 1. The lowest BCUT2D eigenvalue weighted by molar-refractivity contribution is -0.132. The summed E-state index contributed by atoms with van der Waals surface area (Å²) >= 11 is 0. The number of fused-ring (bicyclic) bond motifs is 5. The summed E-state index contributed by atoms with van der Waals surface area (Å²) in [5.41, 5.74) is 3.76. The van der Waals surface area contributed by atoms with Crippen LogP contribution >= 0.6 is 0 Å². The topological polar surface area (TPSA) is 110 Å². The van der Waals surface area contributed by atoms with E-state index in [1.165, 1.54) is 24.8 Å². The quantitative estimate of drug-likeness (QED) is 0.363. The number of hydrogen-bond acceptors (Lipinski definition) is 5. The maximum absolute atomic E-state index is 13.3. The molecule has 5 rings (SSSR count). The zero-order valence-electron chi connectivity index (χ0n) is 24.9. The Bertz CT molecular complexity index is 1480. The van der Waals surface area contributed by atoms with Crippen molar-refractivity contribution < 1.29 is 29.0 Å². The normalized spacial score (nSPS) is 17.3. The largest absolute Gasteiger partial charge is 0.491 e. The van der Waals surface area contributed by atoms with Crippen LogP contribution in [0.3, 0.4) is 0 Å². The fourth-order valence-electron chi connectivity index (χ4n) is 6.23. The van der Waals surface area contributed by atoms with Gasteiger partial charge in [-0.15, -0.1) is 0 Å². The van der Waals surface area contributed by atoms with Crippen molar-refractivity contribution in [2.45, 2.75) is 83.4 Å². The Labute approximate surface area is 246 Å². The van der Waals surface area contributed by atoms with Crippen molar-refractivity contribution in [2.75, 3.05) is 20.2 Å². The van der Waals surface area contributed by atoms with Gasteiger partial charge in [0.15, 0.2) is 0 Å². The third kappa shape index (κ3) is 6.25. The molecule has 9 heteroatoms. The van der Waals surface area contributed by atoms with E-state index >= 15 is 0 Å². The molecule has 224 valence electrons. The molecule has 2 aromatic carbocycles. The van der Waals surface area contributed by atoms with Crippen molar-refractivity contribution in [1.29, 1.82) is 0 Å². The number of para-hydroxylation sites is 1. The van der Waals surface area contributed by atoms with E-state index in [0.717, 1.165) is 40.8 Å². The molecule has 3 aromatic rings. The number of amides is 2. The second-order valence-electron chi connectivity index (χ2n) is 12.4. The third-order valence-corrected chi connectivity index (χ3v) is 8.28. The molecule has 1 saturated carbocycles. The highest BCUT2D eigenvalue weighted by Gasteiger charge is 2.32. The van der Waals surface area contributed by atoms with Crippen LogP contribution in [0.2, 0.25) is 0 Å². The van der Waals surface area contributed by atoms with Gasteiger partial charge in [0.2, 0.25) is 5.91 Å². The number of nitrogens with one attached hydrogen (secondary N) is 1. The molecule has 1 aliphatic heterocycles. The van der Waals surface area contributed by atoms with Crippen molar-refractivity contribution in [1.82, 2.24) is 14.8 Å². The molecule has 2 heterocycles. The highest BCUT2D eigenvalue weighted by Crippen LogP contribution is 2.47. The third-order valence-electron chi connectivity index (χ3n) is 8.28. The number of hydrogen-bond donors (Lipinski definition) is 2. The van der Waals surface area contributed by atoms with Gasteiger partial charge >= 0.3 is 12.1 Å². The Morgan fingerprint density at radius 3 is 2.55 bits per heavy atom. The van der Waals surface area contributed by atoms with E-state index in [2.05, 4.69) is 16.0 Å². The van der Waals surface area contributed by atoms with E-state index in [4.69, 9.17) is 9.47 Å². The maximum Gasteiger partial charge on any atom is 0.407 e. The monoisotopic (exact) mass is 575 g/mol. The first-order valence-electron chi connectivity index (χ1n) is 14.9. The Hall–Kier alpha value is -4.01. The molecule has 2 N–H and O–H groups in total. The average molecular weight is 576 g/mol. The van der Waals surface area contributed by atoms with Crippen LogP contribution < -0.4 is 10.1 Å². The van der Waals surface area contributed by atoms with Crippen LogP contribution in [0.5, 0.6) is 5.75 Å². The van der Waals surface area contributed by atoms with Gasteiger partial charge in [0.1, 0.15) is 18.0 Å². The lowest BCUT2D eigenvalue weighted by Gasteiger charge is -2.32. The summed E-state index contributed by atoms with van der Waals surface area (Å²) in [6.07, 6.45) is 5.28. The first-order valence-corrected chi connectivity index (χ1v) is 14.9. The second-order valence-corrected chi connectivity index (χ2v) is 12.4. The minimum absolute atomic E-state index is 0.110. The van der Waals surface area contributed by atoms with Gasteiger partial charge < -0.3 is 29.4 Å². The number of carboxylic acid groups (broad SMARTS) is 1. The van der Waals surface area contributed by atoms with Crippen LogP contribution in [0, 0.1) is 0 Å². The molecule has 1 aliphatic carbocycles. The van der Waals surface area contributed by atoms with Crippen molar-refractivity contribution in [2.24, 2.45) is 0 Å². The zero-order valence-corrected chi connectivity index (χ0v) is 24.9. The number of carbonyl (C=O) groups is 3. The van der Waals surface area contributed by atoms with Crippen LogP contribution in [0.4, 0.5) is 4.79 Å². The molecule has 2 amide bonds. The lowest BCUT2D eigenvalue weighted by Crippen LogP contribution is -2.45. The number of nitrogens with zero attached hydrogens (tertiary/aromatic N) is 2. The van der Waals surface area contributed by atoms with Crippen LogP contribution in [0.15, 0.2) is 42.5 Å². The van der Waals surface area contributed by atoms with Crippen molar-refractivity contribution >= 4 is 28.9 Å². The average Bonchev–Trinajstić information content (AvgIpc) is 3.25. The summed E-state index contributed by atoms with van der Waals surface area (Å²) in [5.74, 6) is -0.000508. The summed E-state index contributed by atoms with van der Waals surface area (Å²) < 4.78 is 13.9. The number of carboxylic acids is 1. The van der Waals surface area contributed by atoms with Crippen LogP contribution in [-0.4, -0.2) is 64.4 Å². The van der Waals surface area contributed by atoms with E-state index in [1.807, 2.05) is 24.3 Å². The Kier molecular flexibility index (Phi) is 8.48. The van der Waals surface area contributed by atoms with Gasteiger partial charge in [-0.3, -0.25) is 4.79 Å². The van der Waals surface area contributed by atoms with E-state index < -0.39 is 17.7 Å². The van der Waals surface area contributed by atoms with Gasteiger partial charge in [-0.1, -0.05) is 37.5 Å². The SMILES string of the molecule is CN(C(=O)CCNC(=O)OC(C)(C)C)[C@H]1COc2ccccc2-c2c(C3CCCCC3)c3ccc(C(=O)O)cc3n2C1. The van der Waals surface area contributed by atoms with Crippen LogP contribution in [0.1, 0.15) is 81.1 Å². The summed E-state index contributed by atoms with van der Waals surface area (Å²) in [6.45, 7) is 6.23. The van der Waals surface area contributed by atoms with E-state index in [1.54, 1.807) is 44.9 Å². The van der Waals surface area contributed by atoms with E-state index in [9.17, 15) is 19.5 Å². The molecule has 0 unspecified atom stereocenters. The smallest absolute Gasteiger partial charge is 0.407 e. The van der Waals surface area contributed by atoms with Gasteiger partial charge in [-0.25, -0.2) is 9.59 Å². The molecular weight excluding hydrogens is 534 g/mol. The van der Waals surface area contributed by atoms with Crippen LogP contribution in [-0.2, 0) is 16.1 Å². The zero-order chi connectivity index (χ0) is 30.0. The van der Waals surface area contributed by atoms with Gasteiger partial charge in [-0.2, -0.15) is 0 Å². The predicted molar refractivity (Wildman–Crippen MR) is 161 cm³/mol. The van der Waals surface area contributed by atoms with Crippen molar-refractivity contribution in [3.8, 4) is 17.0 Å². The molecule has 0 spiro atoms. The van der Waals surface area contributed by atoms with Crippen molar-refractivity contribution in [3.63, 3.8) is 0 Å². The van der Waals surface area contributed by atoms with Gasteiger partial charge in [0.05, 0.1) is 17.3 Å². The molecular formula is C33H41N3O6. The van der Waals surface area contributed by atoms with E-state index in [0.29, 0.717) is 12.5 Å². The van der Waals surface area contributed by atoms with Crippen molar-refractivity contribution in [3.05, 3.63) is 53.6 Å². The molecule has 1 fully saturated rings. The lowest BCUT2D eigenvalue weighted by atomic mass is 9.81. The molecule has 0 bridgehead atoms. The molecule has 1 atom stereocenters. The molecule has 9 nitrogen and oxygen atoms in total. The number of aromatic carboxylic acids is 1. The molecule has 0 radical (unpaired) electrons. The fourth-order valence-corrected chi connectivity index (χ4v) is 6.23. The first kappa shape index (κ1) is 29.5. The maximum atomic E-state index is 13.3.